The van der Waals surface area contributed by atoms with Crippen LogP contribution in [0.3, 0.4) is 0 Å². The maximum absolute atomic E-state index is 3.02. The van der Waals surface area contributed by atoms with Crippen LogP contribution in [0.15, 0.2) is 84.9 Å². The predicted octanol–water partition coefficient (Wildman–Crippen LogP) is 4.56. The van der Waals surface area contributed by atoms with Gasteiger partial charge in [0.2, 0.25) is 0 Å². The molecule has 0 unspecified atom stereocenters. The Morgan fingerprint density at radius 2 is 1.05 bits per heavy atom. The maximum Gasteiger partial charge on any atom is 0 e. The van der Waals surface area contributed by atoms with Crippen molar-refractivity contribution in [2.24, 2.45) is 0 Å². The van der Waals surface area contributed by atoms with Crippen LogP contribution in [0, 0.1) is 12.1 Å². The molecule has 0 atom stereocenters. The zero-order valence-corrected chi connectivity index (χ0v) is 14.2. The molecule has 0 amide bonds. The molecule has 0 spiro atoms. The summed E-state index contributed by atoms with van der Waals surface area (Å²) in [6, 6.07) is 34.1. The quantitative estimate of drug-likeness (QED) is 0.603. The molecule has 0 nitrogen and oxygen atoms in total. The van der Waals surface area contributed by atoms with E-state index in [1.807, 2.05) is 48.5 Å². The van der Waals surface area contributed by atoms with Gasteiger partial charge in [-0.3, -0.25) is 0 Å². The Balaban J connectivity index is 0.000000243. The molecule has 0 aromatic heterocycles. The predicted molar refractivity (Wildman–Crippen MR) is 79.8 cm³/mol. The third kappa shape index (κ3) is 6.79. The smallest absolute Gasteiger partial charge is 0 e. The van der Waals surface area contributed by atoms with Crippen LogP contribution in [0.5, 0.6) is 0 Å². The van der Waals surface area contributed by atoms with Crippen LogP contribution in [0.4, 0.5) is 0 Å². The summed E-state index contributed by atoms with van der Waals surface area (Å²) >= 11 is 0. The first-order valence-electron chi connectivity index (χ1n) is 6.35. The van der Waals surface area contributed by atoms with Crippen molar-refractivity contribution in [1.29, 1.82) is 0 Å². The van der Waals surface area contributed by atoms with E-state index < -0.39 is 0 Å². The van der Waals surface area contributed by atoms with Crippen LogP contribution >= 0.6 is 0 Å². The van der Waals surface area contributed by atoms with Crippen LogP contribution in [0.1, 0.15) is 11.1 Å². The van der Waals surface area contributed by atoms with Crippen molar-refractivity contribution in [3.8, 4) is 0 Å². The second kappa shape index (κ2) is 10.5. The minimum absolute atomic E-state index is 0. The van der Waals surface area contributed by atoms with Gasteiger partial charge in [0.25, 0.3) is 0 Å². The zero-order chi connectivity index (χ0) is 13.2. The molecule has 1 radical (unpaired) electrons. The molecule has 0 aliphatic heterocycles. The Kier molecular flexibility index (Phi) is 8.86. The Morgan fingerprint density at radius 3 is 1.55 bits per heavy atom. The molecular weight excluding hydrogens is 317 g/mol. The van der Waals surface area contributed by atoms with Gasteiger partial charge in [0.15, 0.2) is 0 Å². The molecule has 3 aromatic carbocycles. The summed E-state index contributed by atoms with van der Waals surface area (Å²) in [4.78, 5) is 0. The van der Waals surface area contributed by atoms with Crippen LogP contribution in [-0.2, 0) is 39.1 Å². The van der Waals surface area contributed by atoms with Gasteiger partial charge in [-0.1, -0.05) is 30.3 Å². The molecule has 0 N–H and O–H groups in total. The molecule has 20 heavy (non-hydrogen) atoms. The fourth-order valence-electron chi connectivity index (χ4n) is 1.71. The summed E-state index contributed by atoms with van der Waals surface area (Å²) < 4.78 is 0. The summed E-state index contributed by atoms with van der Waals surface area (Å²) in [7, 11) is 0. The van der Waals surface area contributed by atoms with Crippen LogP contribution in [0.25, 0.3) is 0 Å². The van der Waals surface area contributed by atoms with Crippen molar-refractivity contribution >= 4 is 0 Å². The van der Waals surface area contributed by atoms with E-state index in [0.717, 1.165) is 6.42 Å². The van der Waals surface area contributed by atoms with Gasteiger partial charge >= 0.3 is 0 Å². The molecule has 0 aliphatic rings. The fraction of sp³-hybridized carbons (Fsp3) is 0.0526. The van der Waals surface area contributed by atoms with Gasteiger partial charge in [0.1, 0.15) is 0 Å². The van der Waals surface area contributed by atoms with E-state index in [1.54, 1.807) is 0 Å². The van der Waals surface area contributed by atoms with Crippen molar-refractivity contribution in [2.45, 2.75) is 6.42 Å². The van der Waals surface area contributed by atoms with Crippen LogP contribution in [0.2, 0.25) is 0 Å². The molecule has 0 fully saturated rings. The van der Waals surface area contributed by atoms with Crippen molar-refractivity contribution in [3.05, 3.63) is 108 Å². The van der Waals surface area contributed by atoms with E-state index in [2.05, 4.69) is 48.5 Å². The average molecular weight is 333 g/mol. The Labute approximate surface area is 146 Å². The van der Waals surface area contributed by atoms with Crippen LogP contribution in [-0.4, -0.2) is 0 Å². The van der Waals surface area contributed by atoms with Gasteiger partial charge < -0.3 is 0 Å². The second-order valence-corrected chi connectivity index (χ2v) is 4.15. The summed E-state index contributed by atoms with van der Waals surface area (Å²) in [5.74, 6) is 0. The standard InChI is InChI=1S/C13H11.C6H5.Y/c1-3-7-12(8-4-1)11-13-9-5-2-6-10-13;1-2-4-6-5-3-1;/h1,3-10H,11H2;1-5H;/q2*-1;. The number of benzene rings is 3. The Hall–Kier alpha value is -1.24. The van der Waals surface area contributed by atoms with Gasteiger partial charge in [-0.2, -0.15) is 72.3 Å². The number of hydrogen-bond acceptors (Lipinski definition) is 0. The normalized spacial score (nSPS) is 8.80. The second-order valence-electron chi connectivity index (χ2n) is 4.15. The summed E-state index contributed by atoms with van der Waals surface area (Å²) in [6.07, 6.45) is 1.01. The van der Waals surface area contributed by atoms with Crippen LogP contribution < -0.4 is 0 Å². The van der Waals surface area contributed by atoms with Crippen molar-refractivity contribution in [2.75, 3.05) is 0 Å². The number of rotatable bonds is 2. The van der Waals surface area contributed by atoms with Gasteiger partial charge in [-0.15, -0.1) is 0 Å². The summed E-state index contributed by atoms with van der Waals surface area (Å²) in [5.41, 5.74) is 2.69. The molecule has 0 saturated carbocycles. The number of hydrogen-bond donors (Lipinski definition) is 0. The first-order chi connectivity index (χ1) is 9.45. The van der Waals surface area contributed by atoms with Gasteiger partial charge in [-0.25, -0.2) is 0 Å². The maximum atomic E-state index is 3.02. The molecular formula is C19H16Y-2. The molecule has 0 aliphatic carbocycles. The zero-order valence-electron chi connectivity index (χ0n) is 11.4. The van der Waals surface area contributed by atoms with E-state index in [4.69, 9.17) is 0 Å². The van der Waals surface area contributed by atoms with E-state index >= 15 is 0 Å². The molecule has 97 valence electrons. The Bertz CT molecular complexity index is 483. The largest absolute Gasteiger partial charge is 0.184 e. The third-order valence-electron chi connectivity index (χ3n) is 2.65. The third-order valence-corrected chi connectivity index (χ3v) is 2.65. The minimum atomic E-state index is 0. The molecule has 0 bridgehead atoms. The van der Waals surface area contributed by atoms with Gasteiger partial charge in [0.05, 0.1) is 0 Å². The van der Waals surface area contributed by atoms with E-state index in [-0.39, 0.29) is 32.7 Å². The minimum Gasteiger partial charge on any atom is -0.184 e. The first kappa shape index (κ1) is 16.8. The molecule has 3 rings (SSSR count). The van der Waals surface area contributed by atoms with Crippen molar-refractivity contribution in [1.82, 2.24) is 0 Å². The SMILES string of the molecule is [Y].[c-]1ccc(Cc2ccccc2)cc1.[c-]1ccccc1. The Morgan fingerprint density at radius 1 is 0.550 bits per heavy atom. The van der Waals surface area contributed by atoms with Gasteiger partial charge in [0, 0.05) is 32.7 Å². The van der Waals surface area contributed by atoms with E-state index in [0.29, 0.717) is 0 Å². The van der Waals surface area contributed by atoms with E-state index in [1.165, 1.54) is 11.1 Å². The van der Waals surface area contributed by atoms with Crippen molar-refractivity contribution in [3.63, 3.8) is 0 Å². The van der Waals surface area contributed by atoms with Gasteiger partial charge in [-0.05, 0) is 12.0 Å². The summed E-state index contributed by atoms with van der Waals surface area (Å²) in [6.45, 7) is 0. The monoisotopic (exact) mass is 333 g/mol. The topological polar surface area (TPSA) is 0 Å². The van der Waals surface area contributed by atoms with Crippen molar-refractivity contribution < 1.29 is 32.7 Å². The summed E-state index contributed by atoms with van der Waals surface area (Å²) in [5, 5.41) is 0. The first-order valence-corrected chi connectivity index (χ1v) is 6.35. The molecule has 1 heteroatoms. The average Bonchev–Trinajstić information content (AvgIpc) is 2.52. The fourth-order valence-corrected chi connectivity index (χ4v) is 1.71. The van der Waals surface area contributed by atoms with E-state index in [9.17, 15) is 0 Å². The molecule has 0 heterocycles. The molecule has 0 saturated heterocycles. The molecule has 3 aromatic rings.